The minimum Gasteiger partial charge on any atom is -0.489 e. The van der Waals surface area contributed by atoms with Crippen molar-refractivity contribution in [2.75, 3.05) is 19.6 Å². The molecule has 2 atom stereocenters. The number of hydroxylamine groups is 1. The summed E-state index contributed by atoms with van der Waals surface area (Å²) in [5.41, 5.74) is 10.7. The molecule has 1 saturated carbocycles. The normalized spacial score (nSPS) is 22.6. The maximum atomic E-state index is 13.7. The van der Waals surface area contributed by atoms with Crippen molar-refractivity contribution in [2.45, 2.75) is 64.1 Å². The van der Waals surface area contributed by atoms with E-state index in [-0.39, 0.29) is 23.7 Å². The number of nitrogens with two attached hydrogens (primary N) is 1. The lowest BCUT2D eigenvalue weighted by Crippen LogP contribution is -2.56. The van der Waals surface area contributed by atoms with Crippen molar-refractivity contribution in [1.29, 1.82) is 0 Å². The molecule has 3 fully saturated rings. The standard InChI is InChI=1S/C29H37N5O5/c1-18-15-20(16-19(2)31-18)17-39-24-7-5-23(6-8-24)29(30)11-14-34(28(29)37)25(26(35)32-38)21-9-12-33(13-10-21)27(36)22-3-4-22/h5-8,15-16,21-22,25,38H,3-4,9-14,17,30H2,1-2H3,(H,32,35). The Morgan fingerprint density at radius 2 is 1.74 bits per heavy atom. The summed E-state index contributed by atoms with van der Waals surface area (Å²) in [5, 5.41) is 9.49. The molecule has 0 spiro atoms. The molecule has 10 nitrogen and oxygen atoms in total. The lowest BCUT2D eigenvalue weighted by atomic mass is 9.86. The minimum absolute atomic E-state index is 0.150. The molecule has 10 heteroatoms. The number of ether oxygens (including phenoxy) is 1. The van der Waals surface area contributed by atoms with Crippen molar-refractivity contribution >= 4 is 17.7 Å². The number of nitrogens with zero attached hydrogens (tertiary/aromatic N) is 3. The van der Waals surface area contributed by atoms with E-state index in [0.29, 0.717) is 56.8 Å². The summed E-state index contributed by atoms with van der Waals surface area (Å²) in [6.45, 7) is 5.68. The van der Waals surface area contributed by atoms with Gasteiger partial charge in [0.05, 0.1) is 0 Å². The number of hydrogen-bond donors (Lipinski definition) is 3. The van der Waals surface area contributed by atoms with Gasteiger partial charge in [-0.15, -0.1) is 0 Å². The molecule has 2 aromatic rings. The van der Waals surface area contributed by atoms with E-state index in [4.69, 9.17) is 10.5 Å². The van der Waals surface area contributed by atoms with Crippen molar-refractivity contribution < 1.29 is 24.3 Å². The second-order valence-corrected chi connectivity index (χ2v) is 11.1. The number of amides is 3. The predicted octanol–water partition coefficient (Wildman–Crippen LogP) is 2.19. The molecule has 0 radical (unpaired) electrons. The number of rotatable bonds is 8. The smallest absolute Gasteiger partial charge is 0.266 e. The van der Waals surface area contributed by atoms with E-state index in [1.54, 1.807) is 29.7 Å². The molecule has 2 aliphatic heterocycles. The van der Waals surface area contributed by atoms with E-state index >= 15 is 0 Å². The Balaban J connectivity index is 1.25. The Hall–Kier alpha value is -3.50. The van der Waals surface area contributed by atoms with Crippen LogP contribution in [0.5, 0.6) is 5.75 Å². The summed E-state index contributed by atoms with van der Waals surface area (Å²) in [4.78, 5) is 46.7. The molecule has 2 saturated heterocycles. The van der Waals surface area contributed by atoms with Gasteiger partial charge in [0.25, 0.3) is 5.91 Å². The first-order valence-electron chi connectivity index (χ1n) is 13.7. The van der Waals surface area contributed by atoms with E-state index in [1.165, 1.54) is 4.90 Å². The molecule has 3 aliphatic rings. The summed E-state index contributed by atoms with van der Waals surface area (Å²) < 4.78 is 5.94. The number of carbonyl (C=O) groups is 3. The number of hydrogen-bond acceptors (Lipinski definition) is 7. The van der Waals surface area contributed by atoms with Crippen LogP contribution in [-0.4, -0.2) is 63.4 Å². The van der Waals surface area contributed by atoms with E-state index < -0.39 is 17.5 Å². The lowest BCUT2D eigenvalue weighted by molar-refractivity contribution is -0.147. The highest BCUT2D eigenvalue weighted by Gasteiger charge is 2.50. The van der Waals surface area contributed by atoms with Gasteiger partial charge in [0.1, 0.15) is 23.9 Å². The van der Waals surface area contributed by atoms with E-state index in [1.807, 2.05) is 30.9 Å². The number of piperidine rings is 1. The fourth-order valence-corrected chi connectivity index (χ4v) is 6.01. The molecular formula is C29H37N5O5. The average Bonchev–Trinajstić information content (AvgIpc) is 3.74. The summed E-state index contributed by atoms with van der Waals surface area (Å²) >= 11 is 0. The van der Waals surface area contributed by atoms with Crippen LogP contribution in [0.3, 0.4) is 0 Å². The van der Waals surface area contributed by atoms with Crippen molar-refractivity contribution in [3.05, 3.63) is 58.9 Å². The van der Waals surface area contributed by atoms with Crippen LogP contribution in [0.15, 0.2) is 36.4 Å². The third-order valence-electron chi connectivity index (χ3n) is 8.24. The number of carbonyl (C=O) groups excluding carboxylic acids is 3. The quantitative estimate of drug-likeness (QED) is 0.348. The first-order valence-corrected chi connectivity index (χ1v) is 13.7. The highest BCUT2D eigenvalue weighted by Crippen LogP contribution is 2.37. The van der Waals surface area contributed by atoms with Crippen molar-refractivity contribution in [3.63, 3.8) is 0 Å². The number of likely N-dealkylation sites (tertiary alicyclic amines) is 2. The maximum absolute atomic E-state index is 13.7. The van der Waals surface area contributed by atoms with Gasteiger partial charge in [0.15, 0.2) is 0 Å². The van der Waals surface area contributed by atoms with Gasteiger partial charge in [-0.2, -0.15) is 0 Å². The van der Waals surface area contributed by atoms with Crippen LogP contribution in [0.1, 0.15) is 54.6 Å². The monoisotopic (exact) mass is 535 g/mol. The van der Waals surface area contributed by atoms with E-state index in [2.05, 4.69) is 4.98 Å². The Labute approximate surface area is 228 Å². The molecule has 1 aliphatic carbocycles. The number of aromatic nitrogens is 1. The first kappa shape index (κ1) is 27.1. The highest BCUT2D eigenvalue weighted by molar-refractivity contribution is 5.94. The van der Waals surface area contributed by atoms with Crippen LogP contribution in [0.25, 0.3) is 0 Å². The molecular weight excluding hydrogens is 498 g/mol. The van der Waals surface area contributed by atoms with Gasteiger partial charge in [-0.25, -0.2) is 5.48 Å². The summed E-state index contributed by atoms with van der Waals surface area (Å²) in [6, 6.07) is 10.3. The Morgan fingerprint density at radius 1 is 1.10 bits per heavy atom. The molecule has 208 valence electrons. The van der Waals surface area contributed by atoms with Gasteiger partial charge < -0.3 is 20.3 Å². The molecule has 5 rings (SSSR count). The molecule has 4 N–H and O–H groups in total. The molecule has 1 aromatic heterocycles. The van der Waals surface area contributed by atoms with Crippen LogP contribution >= 0.6 is 0 Å². The Bertz CT molecular complexity index is 1220. The molecule has 0 bridgehead atoms. The van der Waals surface area contributed by atoms with Crippen LogP contribution in [0, 0.1) is 25.7 Å². The maximum Gasteiger partial charge on any atom is 0.266 e. The van der Waals surface area contributed by atoms with Gasteiger partial charge in [-0.3, -0.25) is 24.6 Å². The van der Waals surface area contributed by atoms with Gasteiger partial charge in [0, 0.05) is 36.9 Å². The fourth-order valence-electron chi connectivity index (χ4n) is 6.01. The second kappa shape index (κ2) is 10.9. The molecule has 1 aromatic carbocycles. The highest BCUT2D eigenvalue weighted by atomic mass is 16.5. The first-order chi connectivity index (χ1) is 18.7. The Morgan fingerprint density at radius 3 is 2.33 bits per heavy atom. The predicted molar refractivity (Wildman–Crippen MR) is 142 cm³/mol. The lowest BCUT2D eigenvalue weighted by Gasteiger charge is -2.39. The summed E-state index contributed by atoms with van der Waals surface area (Å²) in [5.74, 6) is -0.149. The topological polar surface area (TPSA) is 138 Å². The van der Waals surface area contributed by atoms with Crippen molar-refractivity contribution in [1.82, 2.24) is 20.3 Å². The minimum atomic E-state index is -1.28. The van der Waals surface area contributed by atoms with Crippen molar-refractivity contribution in [2.24, 2.45) is 17.6 Å². The van der Waals surface area contributed by atoms with E-state index in [0.717, 1.165) is 29.8 Å². The summed E-state index contributed by atoms with van der Waals surface area (Å²) in [7, 11) is 0. The van der Waals surface area contributed by atoms with Crippen LogP contribution < -0.4 is 16.0 Å². The third kappa shape index (κ3) is 5.62. The number of aryl methyl sites for hydroxylation is 2. The van der Waals surface area contributed by atoms with Crippen LogP contribution in [0.2, 0.25) is 0 Å². The molecule has 39 heavy (non-hydrogen) atoms. The van der Waals surface area contributed by atoms with Gasteiger partial charge >= 0.3 is 0 Å². The molecule has 2 unspecified atom stereocenters. The van der Waals surface area contributed by atoms with E-state index in [9.17, 15) is 19.6 Å². The zero-order chi connectivity index (χ0) is 27.7. The largest absolute Gasteiger partial charge is 0.489 e. The average molecular weight is 536 g/mol. The third-order valence-corrected chi connectivity index (χ3v) is 8.24. The number of pyridine rings is 1. The van der Waals surface area contributed by atoms with Gasteiger partial charge in [-0.1, -0.05) is 12.1 Å². The van der Waals surface area contributed by atoms with Gasteiger partial charge in [-0.05, 0) is 87.3 Å². The number of benzene rings is 1. The SMILES string of the molecule is Cc1cc(COc2ccc(C3(N)CCN(C(C(=O)NO)C4CCN(C(=O)C5CC5)CC4)C3=O)cc2)cc(C)n1. The van der Waals surface area contributed by atoms with Gasteiger partial charge in [0.2, 0.25) is 11.8 Å². The Kier molecular flexibility index (Phi) is 7.59. The van der Waals surface area contributed by atoms with Crippen LogP contribution in [0.4, 0.5) is 0 Å². The van der Waals surface area contributed by atoms with Crippen LogP contribution in [-0.2, 0) is 26.5 Å². The summed E-state index contributed by atoms with van der Waals surface area (Å²) in [6.07, 6.45) is 3.41. The molecule has 3 amide bonds. The van der Waals surface area contributed by atoms with Crippen molar-refractivity contribution in [3.8, 4) is 5.75 Å². The number of nitrogens with one attached hydrogen (secondary N) is 1. The zero-order valence-corrected chi connectivity index (χ0v) is 22.6. The second-order valence-electron chi connectivity index (χ2n) is 11.1. The molecule has 3 heterocycles. The zero-order valence-electron chi connectivity index (χ0n) is 22.6. The fraction of sp³-hybridized carbons (Fsp3) is 0.517.